The Labute approximate surface area is 144 Å². The van der Waals surface area contributed by atoms with Crippen LogP contribution in [0.25, 0.3) is 21.6 Å². The largest absolute Gasteiger partial charge is 0.497 e. The van der Waals surface area contributed by atoms with Crippen molar-refractivity contribution in [2.75, 3.05) is 14.2 Å². The van der Waals surface area contributed by atoms with Crippen LogP contribution >= 0.6 is 22.9 Å². The molecule has 4 heteroatoms. The lowest BCUT2D eigenvalue weighted by Crippen LogP contribution is -1.84. The molecule has 0 N–H and O–H groups in total. The number of hydrogen-bond donors (Lipinski definition) is 0. The van der Waals surface area contributed by atoms with Gasteiger partial charge in [0.15, 0.2) is 0 Å². The van der Waals surface area contributed by atoms with Gasteiger partial charge in [-0.2, -0.15) is 0 Å². The molecule has 0 saturated heterocycles. The van der Waals surface area contributed by atoms with Crippen molar-refractivity contribution in [3.8, 4) is 33.1 Å². The van der Waals surface area contributed by atoms with Crippen LogP contribution in [0.3, 0.4) is 0 Å². The number of halogens is 1. The van der Waals surface area contributed by atoms with E-state index in [9.17, 15) is 0 Å². The van der Waals surface area contributed by atoms with Crippen LogP contribution < -0.4 is 9.47 Å². The van der Waals surface area contributed by atoms with Gasteiger partial charge in [-0.1, -0.05) is 12.1 Å². The molecule has 0 radical (unpaired) electrons. The topological polar surface area (TPSA) is 18.5 Å². The van der Waals surface area contributed by atoms with Crippen molar-refractivity contribution in [3.63, 3.8) is 0 Å². The van der Waals surface area contributed by atoms with E-state index in [2.05, 4.69) is 12.1 Å². The molecule has 0 unspecified atom stereocenters. The Morgan fingerprint density at radius 3 is 1.70 bits per heavy atom. The van der Waals surface area contributed by atoms with Crippen molar-refractivity contribution in [3.05, 3.63) is 65.0 Å². The summed E-state index contributed by atoms with van der Waals surface area (Å²) in [6.45, 7) is 0. The van der Waals surface area contributed by atoms with E-state index in [-0.39, 0.29) is 0 Å². The lowest BCUT2D eigenvalue weighted by atomic mass is 10.1. The summed E-state index contributed by atoms with van der Waals surface area (Å²) in [6.07, 6.45) is 0. The SMILES string of the molecule is COc1ccc(-c2ccc(-c3ccc(OC)cc3)c(Cl)[s+]2)cc1. The van der Waals surface area contributed by atoms with E-state index in [0.29, 0.717) is 0 Å². The Balaban J connectivity index is 1.92. The van der Waals surface area contributed by atoms with Crippen LogP contribution in [0.2, 0.25) is 4.34 Å². The third-order valence-corrected chi connectivity index (χ3v) is 5.01. The van der Waals surface area contributed by atoms with Crippen molar-refractivity contribution in [1.29, 1.82) is 0 Å². The minimum atomic E-state index is 0.767. The first-order valence-corrected chi connectivity index (χ1v) is 8.32. The van der Waals surface area contributed by atoms with Crippen LogP contribution in [-0.4, -0.2) is 14.2 Å². The second-order valence-electron chi connectivity index (χ2n) is 4.94. The zero-order valence-corrected chi connectivity index (χ0v) is 14.4. The van der Waals surface area contributed by atoms with Gasteiger partial charge in [0.2, 0.25) is 16.2 Å². The summed E-state index contributed by atoms with van der Waals surface area (Å²) in [5.74, 6) is 1.68. The highest BCUT2D eigenvalue weighted by molar-refractivity contribution is 7.19. The highest BCUT2D eigenvalue weighted by Crippen LogP contribution is 2.37. The summed E-state index contributed by atoms with van der Waals surface area (Å²) >= 11 is 8.08. The molecule has 0 saturated carbocycles. The van der Waals surface area contributed by atoms with Crippen molar-refractivity contribution >= 4 is 22.9 Å². The maximum absolute atomic E-state index is 6.51. The van der Waals surface area contributed by atoms with E-state index >= 15 is 0 Å². The fourth-order valence-corrected chi connectivity index (χ4v) is 3.60. The van der Waals surface area contributed by atoms with Crippen LogP contribution in [0, 0.1) is 0 Å². The molecule has 0 spiro atoms. The molecule has 0 fully saturated rings. The average Bonchev–Trinajstić information content (AvgIpc) is 2.62. The van der Waals surface area contributed by atoms with Gasteiger partial charge in [-0.05, 0) is 59.6 Å². The molecule has 1 heterocycles. The Morgan fingerprint density at radius 1 is 0.696 bits per heavy atom. The Kier molecular flexibility index (Phi) is 4.79. The fourth-order valence-electron chi connectivity index (χ4n) is 2.30. The Bertz CT molecular complexity index is 799. The summed E-state index contributed by atoms with van der Waals surface area (Å²) in [5.41, 5.74) is 3.23. The molecule has 1 aromatic heterocycles. The van der Waals surface area contributed by atoms with Crippen molar-refractivity contribution < 1.29 is 9.47 Å². The van der Waals surface area contributed by atoms with Crippen LogP contribution in [-0.2, 0) is 0 Å². The fraction of sp³-hybridized carbons (Fsp3) is 0.105. The number of rotatable bonds is 4. The van der Waals surface area contributed by atoms with Gasteiger partial charge in [0, 0.05) is 11.6 Å². The molecule has 0 aliphatic heterocycles. The molecule has 0 aliphatic rings. The van der Waals surface area contributed by atoms with Crippen LogP contribution in [0.4, 0.5) is 0 Å². The third-order valence-electron chi connectivity index (χ3n) is 3.59. The highest BCUT2D eigenvalue weighted by Gasteiger charge is 2.18. The molecular formula is C19H16ClO2S+. The minimum absolute atomic E-state index is 0.767. The summed E-state index contributed by atoms with van der Waals surface area (Å²) in [4.78, 5) is 1.12. The average molecular weight is 344 g/mol. The second-order valence-corrected chi connectivity index (χ2v) is 6.60. The minimum Gasteiger partial charge on any atom is -0.497 e. The van der Waals surface area contributed by atoms with Crippen molar-refractivity contribution in [1.82, 2.24) is 0 Å². The van der Waals surface area contributed by atoms with Gasteiger partial charge in [-0.15, -0.1) is 0 Å². The predicted octanol–water partition coefficient (Wildman–Crippen LogP) is 6.03. The summed E-state index contributed by atoms with van der Waals surface area (Å²) < 4.78 is 11.1. The molecule has 0 bridgehead atoms. The van der Waals surface area contributed by atoms with Gasteiger partial charge in [0.05, 0.1) is 19.8 Å². The van der Waals surface area contributed by atoms with Gasteiger partial charge in [0.1, 0.15) is 11.5 Å². The molecule has 116 valence electrons. The molecule has 3 rings (SSSR count). The molecule has 2 nitrogen and oxygen atoms in total. The number of benzene rings is 2. The van der Waals surface area contributed by atoms with Crippen LogP contribution in [0.5, 0.6) is 11.5 Å². The Morgan fingerprint density at radius 2 is 1.22 bits per heavy atom. The quantitative estimate of drug-likeness (QED) is 0.538. The van der Waals surface area contributed by atoms with Gasteiger partial charge < -0.3 is 9.47 Å². The molecule has 0 amide bonds. The monoisotopic (exact) mass is 343 g/mol. The first-order valence-electron chi connectivity index (χ1n) is 7.13. The zero-order valence-electron chi connectivity index (χ0n) is 12.9. The zero-order chi connectivity index (χ0) is 16.2. The van der Waals surface area contributed by atoms with Crippen LogP contribution in [0.1, 0.15) is 0 Å². The number of hydrogen-bond acceptors (Lipinski definition) is 2. The molecule has 0 aliphatic carbocycles. The first kappa shape index (κ1) is 15.8. The van der Waals surface area contributed by atoms with E-state index < -0.39 is 0 Å². The number of ether oxygens (including phenoxy) is 2. The maximum atomic E-state index is 6.51. The molecule has 2 aromatic carbocycles. The molecule has 0 atom stereocenters. The summed E-state index contributed by atoms with van der Waals surface area (Å²) in [6, 6.07) is 20.0. The number of methoxy groups -OCH3 is 2. The van der Waals surface area contributed by atoms with Crippen molar-refractivity contribution in [2.24, 2.45) is 0 Å². The standard InChI is InChI=1S/C19H16ClO2S/c1-21-15-7-3-13(4-8-15)17-11-12-18(23-19(17)20)14-5-9-16(22-2)10-6-14/h3-12H,1-2H3/q+1. The van der Waals surface area contributed by atoms with E-state index in [1.807, 2.05) is 48.5 Å². The molecular weight excluding hydrogens is 328 g/mol. The molecule has 3 aromatic rings. The normalized spacial score (nSPS) is 10.4. The third kappa shape index (κ3) is 3.46. The Hall–Kier alpha value is -2.10. The first-order chi connectivity index (χ1) is 11.2. The van der Waals surface area contributed by atoms with E-state index in [0.717, 1.165) is 37.4 Å². The molecule has 23 heavy (non-hydrogen) atoms. The predicted molar refractivity (Wildman–Crippen MR) is 97.7 cm³/mol. The second kappa shape index (κ2) is 6.99. The van der Waals surface area contributed by atoms with Gasteiger partial charge in [-0.25, -0.2) is 0 Å². The lowest BCUT2D eigenvalue weighted by molar-refractivity contribution is 0.415. The smallest absolute Gasteiger partial charge is 0.306 e. The van der Waals surface area contributed by atoms with E-state index in [1.165, 1.54) is 0 Å². The van der Waals surface area contributed by atoms with E-state index in [4.69, 9.17) is 21.1 Å². The summed E-state index contributed by atoms with van der Waals surface area (Å²) in [7, 11) is 3.33. The van der Waals surface area contributed by atoms with E-state index in [1.54, 1.807) is 25.6 Å². The van der Waals surface area contributed by atoms with Crippen LogP contribution in [0.15, 0.2) is 60.7 Å². The van der Waals surface area contributed by atoms with Gasteiger partial charge in [0.25, 0.3) is 0 Å². The maximum Gasteiger partial charge on any atom is 0.306 e. The highest BCUT2D eigenvalue weighted by atomic mass is 35.5. The summed E-state index contributed by atoms with van der Waals surface area (Å²) in [5, 5.41) is 0. The lowest BCUT2D eigenvalue weighted by Gasteiger charge is -2.03. The van der Waals surface area contributed by atoms with Gasteiger partial charge in [-0.3, -0.25) is 0 Å². The van der Waals surface area contributed by atoms with Crippen molar-refractivity contribution in [2.45, 2.75) is 0 Å². The van der Waals surface area contributed by atoms with Gasteiger partial charge >= 0.3 is 4.34 Å².